The fourth-order valence-corrected chi connectivity index (χ4v) is 4.76. The molecular weight excluding hydrogens is 348 g/mol. The third-order valence-electron chi connectivity index (χ3n) is 6.24. The molecule has 4 nitrogen and oxygen atoms in total. The van der Waals surface area contributed by atoms with E-state index in [4.69, 9.17) is 4.74 Å². The van der Waals surface area contributed by atoms with Crippen LogP contribution in [-0.2, 0) is 16.1 Å². The highest BCUT2D eigenvalue weighted by Gasteiger charge is 2.40. The minimum absolute atomic E-state index is 0. The van der Waals surface area contributed by atoms with Gasteiger partial charge in [0.25, 0.3) is 0 Å². The number of nitrogens with one attached hydrogen (secondary N) is 1. The zero-order valence-corrected chi connectivity index (χ0v) is 16.3. The van der Waals surface area contributed by atoms with Gasteiger partial charge in [0, 0.05) is 19.1 Å². The Balaban J connectivity index is 0.00000196. The van der Waals surface area contributed by atoms with Gasteiger partial charge < -0.3 is 15.0 Å². The van der Waals surface area contributed by atoms with Crippen molar-refractivity contribution in [3.8, 4) is 0 Å². The van der Waals surface area contributed by atoms with Crippen LogP contribution in [0, 0.1) is 5.92 Å². The van der Waals surface area contributed by atoms with Gasteiger partial charge in [0.1, 0.15) is 0 Å². The summed E-state index contributed by atoms with van der Waals surface area (Å²) in [5.74, 6) is 1.06. The summed E-state index contributed by atoms with van der Waals surface area (Å²) >= 11 is 0. The summed E-state index contributed by atoms with van der Waals surface area (Å²) in [6, 6.07) is 11.0. The van der Waals surface area contributed by atoms with E-state index < -0.39 is 0 Å². The van der Waals surface area contributed by atoms with Gasteiger partial charge in [-0.05, 0) is 43.6 Å². The molecule has 1 aromatic rings. The summed E-state index contributed by atoms with van der Waals surface area (Å²) in [7, 11) is 0. The number of carbonyl (C=O) groups is 1. The van der Waals surface area contributed by atoms with Crippen molar-refractivity contribution in [2.75, 3.05) is 13.1 Å². The maximum Gasteiger partial charge on any atom is 0.239 e. The molecule has 1 aliphatic carbocycles. The molecule has 1 amide bonds. The molecule has 3 fully saturated rings. The predicted octanol–water partition coefficient (Wildman–Crippen LogP) is 3.54. The van der Waals surface area contributed by atoms with E-state index in [9.17, 15) is 4.79 Å². The Kier molecular flexibility index (Phi) is 6.96. The number of hydrogen-bond donors (Lipinski definition) is 1. The largest absolute Gasteiger partial charge is 0.373 e. The van der Waals surface area contributed by atoms with Crippen LogP contribution < -0.4 is 5.32 Å². The van der Waals surface area contributed by atoms with E-state index in [2.05, 4.69) is 22.3 Å². The Hall–Kier alpha value is -1.10. The molecule has 2 heterocycles. The van der Waals surface area contributed by atoms with Crippen LogP contribution in [0.4, 0.5) is 0 Å². The number of ether oxygens (including phenoxy) is 1. The SMILES string of the molecule is Cl.O=C(C1CC2CCCCC2N1)N1CCC(OCc2ccccc2)CC1. The molecule has 2 aliphatic heterocycles. The van der Waals surface area contributed by atoms with E-state index >= 15 is 0 Å². The molecule has 1 saturated carbocycles. The highest BCUT2D eigenvalue weighted by Crippen LogP contribution is 2.34. The second kappa shape index (κ2) is 9.20. The van der Waals surface area contributed by atoms with E-state index in [0.29, 0.717) is 18.6 Å². The number of likely N-dealkylation sites (tertiary alicyclic amines) is 1. The van der Waals surface area contributed by atoms with E-state index in [1.807, 2.05) is 18.2 Å². The lowest BCUT2D eigenvalue weighted by Gasteiger charge is -2.33. The van der Waals surface area contributed by atoms with Gasteiger partial charge in [-0.2, -0.15) is 0 Å². The lowest BCUT2D eigenvalue weighted by atomic mass is 9.85. The molecule has 3 atom stereocenters. The van der Waals surface area contributed by atoms with Crippen LogP contribution in [0.5, 0.6) is 0 Å². The van der Waals surface area contributed by atoms with Gasteiger partial charge in [-0.1, -0.05) is 43.2 Å². The minimum atomic E-state index is 0. The van der Waals surface area contributed by atoms with Crippen LogP contribution in [0.2, 0.25) is 0 Å². The predicted molar refractivity (Wildman–Crippen MR) is 105 cm³/mol. The van der Waals surface area contributed by atoms with Crippen molar-refractivity contribution in [2.24, 2.45) is 5.92 Å². The smallest absolute Gasteiger partial charge is 0.239 e. The first kappa shape index (κ1) is 19.7. The van der Waals surface area contributed by atoms with Gasteiger partial charge in [-0.15, -0.1) is 12.4 Å². The number of carbonyl (C=O) groups excluding carboxylic acids is 1. The number of piperidine rings is 1. The molecule has 26 heavy (non-hydrogen) atoms. The first-order chi connectivity index (χ1) is 12.3. The zero-order chi connectivity index (χ0) is 17.1. The Morgan fingerprint density at radius 3 is 2.54 bits per heavy atom. The molecule has 1 N–H and O–H groups in total. The van der Waals surface area contributed by atoms with Crippen LogP contribution >= 0.6 is 12.4 Å². The summed E-state index contributed by atoms with van der Waals surface area (Å²) < 4.78 is 6.05. The standard InChI is InChI=1S/C21H30N2O2.ClH/c24-21(20-14-17-8-4-5-9-19(17)22-20)23-12-10-18(11-13-23)25-15-16-6-2-1-3-7-16;/h1-3,6-7,17-20,22H,4-5,8-15H2;1H. The van der Waals surface area contributed by atoms with E-state index in [-0.39, 0.29) is 24.6 Å². The Bertz CT molecular complexity index is 561. The minimum Gasteiger partial charge on any atom is -0.373 e. The number of benzene rings is 1. The first-order valence-electron chi connectivity index (χ1n) is 10.00. The molecule has 3 aliphatic rings. The average Bonchev–Trinajstić information content (AvgIpc) is 3.11. The number of amides is 1. The number of rotatable bonds is 4. The van der Waals surface area contributed by atoms with Crippen molar-refractivity contribution in [3.63, 3.8) is 0 Å². The number of fused-ring (bicyclic) bond motifs is 1. The Morgan fingerprint density at radius 1 is 1.08 bits per heavy atom. The Labute approximate surface area is 163 Å². The van der Waals surface area contributed by atoms with Gasteiger partial charge in [0.15, 0.2) is 0 Å². The van der Waals surface area contributed by atoms with E-state index in [0.717, 1.165) is 38.3 Å². The van der Waals surface area contributed by atoms with Crippen molar-refractivity contribution < 1.29 is 9.53 Å². The van der Waals surface area contributed by atoms with Crippen molar-refractivity contribution in [1.82, 2.24) is 10.2 Å². The fraction of sp³-hybridized carbons (Fsp3) is 0.667. The van der Waals surface area contributed by atoms with Crippen molar-refractivity contribution in [3.05, 3.63) is 35.9 Å². The quantitative estimate of drug-likeness (QED) is 0.871. The summed E-state index contributed by atoms with van der Waals surface area (Å²) in [5.41, 5.74) is 1.22. The number of hydrogen-bond acceptors (Lipinski definition) is 3. The first-order valence-corrected chi connectivity index (χ1v) is 10.00. The maximum atomic E-state index is 12.9. The second-order valence-corrected chi connectivity index (χ2v) is 7.93. The molecule has 0 aromatic heterocycles. The summed E-state index contributed by atoms with van der Waals surface area (Å²) in [6.45, 7) is 2.35. The van der Waals surface area contributed by atoms with Crippen LogP contribution in [-0.4, -0.2) is 42.1 Å². The van der Waals surface area contributed by atoms with Gasteiger partial charge >= 0.3 is 0 Å². The molecule has 2 saturated heterocycles. The third-order valence-corrected chi connectivity index (χ3v) is 6.24. The normalized spacial score (nSPS) is 29.1. The van der Waals surface area contributed by atoms with Crippen LogP contribution in [0.15, 0.2) is 30.3 Å². The van der Waals surface area contributed by atoms with Crippen molar-refractivity contribution in [2.45, 2.75) is 69.7 Å². The number of halogens is 1. The van der Waals surface area contributed by atoms with E-state index in [1.54, 1.807) is 0 Å². The van der Waals surface area contributed by atoms with Crippen LogP contribution in [0.3, 0.4) is 0 Å². The molecule has 144 valence electrons. The van der Waals surface area contributed by atoms with Crippen LogP contribution in [0.1, 0.15) is 50.5 Å². The van der Waals surface area contributed by atoms with Gasteiger partial charge in [0.2, 0.25) is 5.91 Å². The lowest BCUT2D eigenvalue weighted by molar-refractivity contribution is -0.136. The van der Waals surface area contributed by atoms with E-state index in [1.165, 1.54) is 31.2 Å². The van der Waals surface area contributed by atoms with Gasteiger partial charge in [-0.3, -0.25) is 4.79 Å². The molecular formula is C21H31ClN2O2. The average molecular weight is 379 g/mol. The third kappa shape index (κ3) is 4.59. The monoisotopic (exact) mass is 378 g/mol. The molecule has 0 radical (unpaired) electrons. The lowest BCUT2D eigenvalue weighted by Crippen LogP contribution is -2.49. The number of nitrogens with zero attached hydrogens (tertiary/aromatic N) is 1. The molecule has 0 spiro atoms. The molecule has 4 rings (SSSR count). The molecule has 1 aromatic carbocycles. The fourth-order valence-electron chi connectivity index (χ4n) is 4.76. The zero-order valence-electron chi connectivity index (χ0n) is 15.4. The topological polar surface area (TPSA) is 41.6 Å². The summed E-state index contributed by atoms with van der Waals surface area (Å²) in [6.07, 6.45) is 8.46. The van der Waals surface area contributed by atoms with Gasteiger partial charge in [-0.25, -0.2) is 0 Å². The maximum absolute atomic E-state index is 12.9. The highest BCUT2D eigenvalue weighted by atomic mass is 35.5. The summed E-state index contributed by atoms with van der Waals surface area (Å²) in [5, 5.41) is 3.63. The molecule has 3 unspecified atom stereocenters. The summed E-state index contributed by atoms with van der Waals surface area (Å²) in [4.78, 5) is 14.9. The van der Waals surface area contributed by atoms with Gasteiger partial charge in [0.05, 0.1) is 18.8 Å². The van der Waals surface area contributed by atoms with Crippen LogP contribution in [0.25, 0.3) is 0 Å². The highest BCUT2D eigenvalue weighted by molar-refractivity contribution is 5.85. The molecule has 5 heteroatoms. The Morgan fingerprint density at radius 2 is 1.81 bits per heavy atom. The van der Waals surface area contributed by atoms with Crippen molar-refractivity contribution in [1.29, 1.82) is 0 Å². The second-order valence-electron chi connectivity index (χ2n) is 7.93. The molecule has 0 bridgehead atoms. The van der Waals surface area contributed by atoms with Crippen molar-refractivity contribution >= 4 is 18.3 Å².